The topological polar surface area (TPSA) is 67.3 Å². The summed E-state index contributed by atoms with van der Waals surface area (Å²) in [7, 11) is 1.64. The molecule has 1 N–H and O–H groups in total. The van der Waals surface area contributed by atoms with Crippen molar-refractivity contribution < 1.29 is 9.53 Å². The van der Waals surface area contributed by atoms with Gasteiger partial charge in [-0.05, 0) is 18.9 Å². The molecule has 1 amide bonds. The summed E-state index contributed by atoms with van der Waals surface area (Å²) < 4.78 is 5.38. The third-order valence-electron chi connectivity index (χ3n) is 5.50. The van der Waals surface area contributed by atoms with Crippen molar-refractivity contribution in [2.75, 3.05) is 26.7 Å². The van der Waals surface area contributed by atoms with Crippen molar-refractivity contribution in [1.82, 2.24) is 20.2 Å². The monoisotopic (exact) mass is 366 g/mol. The van der Waals surface area contributed by atoms with Crippen LogP contribution in [0.2, 0.25) is 0 Å². The van der Waals surface area contributed by atoms with E-state index in [4.69, 9.17) is 9.72 Å². The van der Waals surface area contributed by atoms with Crippen molar-refractivity contribution in [2.24, 2.45) is 0 Å². The Morgan fingerprint density at radius 2 is 2.26 bits per heavy atom. The summed E-state index contributed by atoms with van der Waals surface area (Å²) in [6.45, 7) is 3.33. The van der Waals surface area contributed by atoms with Crippen LogP contribution in [0.5, 0.6) is 5.75 Å². The van der Waals surface area contributed by atoms with Gasteiger partial charge in [-0.15, -0.1) is 0 Å². The van der Waals surface area contributed by atoms with Gasteiger partial charge in [-0.1, -0.05) is 18.2 Å². The molecule has 1 saturated heterocycles. The minimum absolute atomic E-state index is 0.145. The van der Waals surface area contributed by atoms with E-state index in [1.54, 1.807) is 7.11 Å². The molecule has 4 rings (SSSR count). The molecule has 0 saturated carbocycles. The molecule has 1 aromatic heterocycles. The molecule has 0 spiro atoms. The van der Waals surface area contributed by atoms with Crippen LogP contribution in [-0.4, -0.2) is 47.5 Å². The van der Waals surface area contributed by atoms with E-state index in [1.165, 1.54) is 5.56 Å². The molecule has 6 heteroatoms. The molecule has 0 radical (unpaired) electrons. The van der Waals surface area contributed by atoms with Gasteiger partial charge in [0, 0.05) is 61.5 Å². The summed E-state index contributed by atoms with van der Waals surface area (Å²) in [6, 6.07) is 7.73. The standard InChI is InChI=1S/C21H26N4O2/c1-27-19-7-3-2-5-15(19)11-20(26)25-10-4-6-16(14-25)21-23-13-17-12-22-9-8-18(17)24-21/h2-3,5,7,13,16,22H,4,6,8-12,14H2,1H3/t16-/m0/s1. The molecular formula is C21H26N4O2. The maximum Gasteiger partial charge on any atom is 0.227 e. The fourth-order valence-electron chi connectivity index (χ4n) is 3.99. The second-order valence-electron chi connectivity index (χ2n) is 7.29. The van der Waals surface area contributed by atoms with Crippen molar-refractivity contribution in [3.8, 4) is 5.75 Å². The van der Waals surface area contributed by atoms with Crippen LogP contribution in [-0.2, 0) is 24.2 Å². The lowest BCUT2D eigenvalue weighted by Gasteiger charge is -2.32. The predicted molar refractivity (Wildman–Crippen MR) is 103 cm³/mol. The summed E-state index contributed by atoms with van der Waals surface area (Å²) in [5, 5.41) is 3.35. The zero-order valence-corrected chi connectivity index (χ0v) is 15.8. The summed E-state index contributed by atoms with van der Waals surface area (Å²) in [5.41, 5.74) is 3.30. The van der Waals surface area contributed by atoms with Crippen LogP contribution in [0.4, 0.5) is 0 Å². The van der Waals surface area contributed by atoms with Crippen LogP contribution >= 0.6 is 0 Å². The average molecular weight is 366 g/mol. The van der Waals surface area contributed by atoms with E-state index in [2.05, 4.69) is 10.3 Å². The second kappa shape index (κ2) is 8.05. The Labute approximate surface area is 160 Å². The fraction of sp³-hybridized carbons (Fsp3) is 0.476. The number of benzene rings is 1. The molecule has 1 aromatic carbocycles. The van der Waals surface area contributed by atoms with Gasteiger partial charge in [0.1, 0.15) is 11.6 Å². The number of hydrogen-bond donors (Lipinski definition) is 1. The van der Waals surface area contributed by atoms with Gasteiger partial charge in [0.2, 0.25) is 5.91 Å². The van der Waals surface area contributed by atoms with Gasteiger partial charge in [-0.3, -0.25) is 4.79 Å². The molecule has 6 nitrogen and oxygen atoms in total. The number of hydrogen-bond acceptors (Lipinski definition) is 5. The Morgan fingerprint density at radius 1 is 1.37 bits per heavy atom. The first-order valence-corrected chi connectivity index (χ1v) is 9.69. The second-order valence-corrected chi connectivity index (χ2v) is 7.29. The van der Waals surface area contributed by atoms with Gasteiger partial charge in [0.15, 0.2) is 0 Å². The first-order valence-electron chi connectivity index (χ1n) is 9.69. The third kappa shape index (κ3) is 3.95. The van der Waals surface area contributed by atoms with Crippen LogP contribution in [0.15, 0.2) is 30.5 Å². The van der Waals surface area contributed by atoms with E-state index in [-0.39, 0.29) is 11.8 Å². The zero-order chi connectivity index (χ0) is 18.6. The largest absolute Gasteiger partial charge is 0.496 e. The van der Waals surface area contributed by atoms with Crippen LogP contribution in [0.1, 0.15) is 41.4 Å². The van der Waals surface area contributed by atoms with Gasteiger partial charge in [0.05, 0.1) is 13.5 Å². The smallest absolute Gasteiger partial charge is 0.227 e. The van der Waals surface area contributed by atoms with E-state index in [0.717, 1.165) is 61.7 Å². The van der Waals surface area contributed by atoms with Gasteiger partial charge >= 0.3 is 0 Å². The maximum atomic E-state index is 12.9. The molecule has 0 aliphatic carbocycles. The Morgan fingerprint density at radius 3 is 3.15 bits per heavy atom. The number of fused-ring (bicyclic) bond motifs is 1. The molecule has 2 aliphatic heterocycles. The van der Waals surface area contributed by atoms with Crippen LogP contribution in [0.25, 0.3) is 0 Å². The minimum atomic E-state index is 0.145. The van der Waals surface area contributed by atoms with Gasteiger partial charge in [-0.25, -0.2) is 9.97 Å². The van der Waals surface area contributed by atoms with Crippen LogP contribution in [0.3, 0.4) is 0 Å². The van der Waals surface area contributed by atoms with Gasteiger partial charge < -0.3 is 15.0 Å². The van der Waals surface area contributed by atoms with E-state index in [1.807, 2.05) is 35.4 Å². The molecule has 2 aromatic rings. The number of ether oxygens (including phenoxy) is 1. The highest BCUT2D eigenvalue weighted by molar-refractivity contribution is 5.79. The summed E-state index contributed by atoms with van der Waals surface area (Å²) >= 11 is 0. The molecule has 2 aliphatic rings. The number of para-hydroxylation sites is 1. The maximum absolute atomic E-state index is 12.9. The molecule has 27 heavy (non-hydrogen) atoms. The Bertz CT molecular complexity index is 824. The lowest BCUT2D eigenvalue weighted by molar-refractivity contribution is -0.131. The zero-order valence-electron chi connectivity index (χ0n) is 15.8. The fourth-order valence-corrected chi connectivity index (χ4v) is 3.99. The number of piperidine rings is 1. The highest BCUT2D eigenvalue weighted by Crippen LogP contribution is 2.27. The van der Waals surface area contributed by atoms with Gasteiger partial charge in [-0.2, -0.15) is 0 Å². The molecule has 0 bridgehead atoms. The lowest BCUT2D eigenvalue weighted by atomic mass is 9.96. The Balaban J connectivity index is 1.45. The van der Waals surface area contributed by atoms with E-state index >= 15 is 0 Å². The number of nitrogens with zero attached hydrogens (tertiary/aromatic N) is 3. The van der Waals surface area contributed by atoms with Crippen molar-refractivity contribution in [3.05, 3.63) is 53.1 Å². The molecular weight excluding hydrogens is 340 g/mol. The Kier molecular flexibility index (Phi) is 5.34. The number of carbonyl (C=O) groups excluding carboxylic acids is 1. The first kappa shape index (κ1) is 17.9. The van der Waals surface area contributed by atoms with E-state index < -0.39 is 0 Å². The van der Waals surface area contributed by atoms with Crippen molar-refractivity contribution >= 4 is 5.91 Å². The number of aromatic nitrogens is 2. The number of nitrogens with one attached hydrogen (secondary N) is 1. The average Bonchev–Trinajstić information content (AvgIpc) is 2.74. The Hall–Kier alpha value is -2.47. The number of likely N-dealkylation sites (tertiary alicyclic amines) is 1. The normalized spacial score (nSPS) is 19.4. The first-order chi connectivity index (χ1) is 13.2. The number of carbonyl (C=O) groups is 1. The van der Waals surface area contributed by atoms with Gasteiger partial charge in [0.25, 0.3) is 0 Å². The SMILES string of the molecule is COc1ccccc1CC(=O)N1CCC[C@H](c2ncc3c(n2)CCNC3)C1. The van der Waals surface area contributed by atoms with Crippen LogP contribution in [0, 0.1) is 0 Å². The molecule has 1 atom stereocenters. The van der Waals surface area contributed by atoms with Crippen molar-refractivity contribution in [2.45, 2.75) is 38.1 Å². The van der Waals surface area contributed by atoms with Crippen molar-refractivity contribution in [3.63, 3.8) is 0 Å². The van der Waals surface area contributed by atoms with E-state index in [0.29, 0.717) is 13.0 Å². The third-order valence-corrected chi connectivity index (χ3v) is 5.50. The summed E-state index contributed by atoms with van der Waals surface area (Å²) in [5.74, 6) is 2.03. The molecule has 1 fully saturated rings. The quantitative estimate of drug-likeness (QED) is 0.897. The number of methoxy groups -OCH3 is 1. The van der Waals surface area contributed by atoms with Crippen LogP contribution < -0.4 is 10.1 Å². The molecule has 3 heterocycles. The summed E-state index contributed by atoms with van der Waals surface area (Å²) in [6.07, 6.45) is 5.31. The van der Waals surface area contributed by atoms with E-state index in [9.17, 15) is 4.79 Å². The number of amides is 1. The van der Waals surface area contributed by atoms with Crippen molar-refractivity contribution in [1.29, 1.82) is 0 Å². The molecule has 142 valence electrons. The highest BCUT2D eigenvalue weighted by Gasteiger charge is 2.27. The highest BCUT2D eigenvalue weighted by atomic mass is 16.5. The minimum Gasteiger partial charge on any atom is -0.496 e. The number of rotatable bonds is 4. The lowest BCUT2D eigenvalue weighted by Crippen LogP contribution is -2.40. The summed E-state index contributed by atoms with van der Waals surface area (Å²) in [4.78, 5) is 24.3. The molecule has 0 unspecified atom stereocenters. The predicted octanol–water partition coefficient (Wildman–Crippen LogP) is 2.08.